The van der Waals surface area contributed by atoms with Crippen molar-refractivity contribution in [2.75, 3.05) is 39.3 Å². The van der Waals surface area contributed by atoms with Gasteiger partial charge in [-0.2, -0.15) is 0 Å². The average molecular weight is 667 g/mol. The van der Waals surface area contributed by atoms with Gasteiger partial charge in [0, 0.05) is 25.0 Å². The number of allylic oxidation sites excluding steroid dienone is 1. The highest BCUT2D eigenvalue weighted by atomic mass is 16.5. The standard InChI is InChI=1S/C40H62N2O6/c1-5-47-36(44)28-13-16-42(17-14-28)18-15-41-23-34-30(27-9-7-6-8-10-27)20-35(48-34)39-22-31-26(4)11-12-32(31)38(24-43)21-29(39)19-33(25(2)3)40(38,39)37(45)46/h19,24-32,34-35,41H,5-18,20-23H2,1-4H3,(H,45,46)/t26-,29?,30+,31-,32-,34+,35-,38?,39?,40+/m1/s1. The van der Waals surface area contributed by atoms with Crippen molar-refractivity contribution in [1.82, 2.24) is 10.2 Å². The van der Waals surface area contributed by atoms with Crippen LogP contribution in [-0.4, -0.2) is 79.8 Å². The molecule has 268 valence electrons. The number of nitrogens with zero attached hydrogens (tertiary/aromatic N) is 1. The van der Waals surface area contributed by atoms with Gasteiger partial charge in [-0.1, -0.05) is 70.9 Å². The Morgan fingerprint density at radius 1 is 1.08 bits per heavy atom. The van der Waals surface area contributed by atoms with E-state index in [-0.39, 0.29) is 41.8 Å². The Morgan fingerprint density at radius 2 is 1.83 bits per heavy atom. The number of carboxylic acid groups (broad SMARTS) is 1. The number of carboxylic acids is 1. The third kappa shape index (κ3) is 5.03. The first kappa shape index (κ1) is 34.7. The summed E-state index contributed by atoms with van der Waals surface area (Å²) in [6.07, 6.45) is 16.0. The summed E-state index contributed by atoms with van der Waals surface area (Å²) in [5, 5.41) is 15.4. The lowest BCUT2D eigenvalue weighted by atomic mass is 9.41. The Hall–Kier alpha value is -1.77. The molecular formula is C40H62N2O6. The molecule has 0 aromatic heterocycles. The largest absolute Gasteiger partial charge is 0.481 e. The number of aldehydes is 1. The summed E-state index contributed by atoms with van der Waals surface area (Å²) in [5.74, 6) is 1.44. The number of carbonyl (C=O) groups is 3. The van der Waals surface area contributed by atoms with Crippen molar-refractivity contribution in [3.63, 3.8) is 0 Å². The summed E-state index contributed by atoms with van der Waals surface area (Å²) in [4.78, 5) is 42.4. The van der Waals surface area contributed by atoms with Crippen LogP contribution >= 0.6 is 0 Å². The molecule has 4 saturated carbocycles. The van der Waals surface area contributed by atoms with Crippen molar-refractivity contribution >= 4 is 18.2 Å². The predicted octanol–water partition coefficient (Wildman–Crippen LogP) is 6.13. The van der Waals surface area contributed by atoms with Crippen molar-refractivity contribution in [3.8, 4) is 0 Å². The third-order valence-electron chi connectivity index (χ3n) is 15.3. The second-order valence-electron chi connectivity index (χ2n) is 17.4. The Bertz CT molecular complexity index is 1250. The summed E-state index contributed by atoms with van der Waals surface area (Å²) in [5.41, 5.74) is -1.57. The fraction of sp³-hybridized carbons (Fsp3) is 0.875. The molecular weight excluding hydrogens is 604 g/mol. The van der Waals surface area contributed by atoms with Crippen LogP contribution in [0.2, 0.25) is 0 Å². The molecule has 0 amide bonds. The van der Waals surface area contributed by atoms with Crippen LogP contribution < -0.4 is 5.32 Å². The molecule has 2 heterocycles. The summed E-state index contributed by atoms with van der Waals surface area (Å²) in [7, 11) is 0. The van der Waals surface area contributed by atoms with Crippen molar-refractivity contribution in [3.05, 3.63) is 11.6 Å². The summed E-state index contributed by atoms with van der Waals surface area (Å²) >= 11 is 0. The first-order valence-corrected chi connectivity index (χ1v) is 19.8. The predicted molar refractivity (Wildman–Crippen MR) is 184 cm³/mol. The number of likely N-dealkylation sites (tertiary alicyclic amines) is 1. The van der Waals surface area contributed by atoms with Crippen molar-refractivity contribution < 1.29 is 29.0 Å². The Balaban J connectivity index is 1.12. The maximum atomic E-state index is 14.1. The van der Waals surface area contributed by atoms with Gasteiger partial charge in [0.15, 0.2) is 0 Å². The molecule has 8 nitrogen and oxygen atoms in total. The van der Waals surface area contributed by atoms with E-state index in [4.69, 9.17) is 9.47 Å². The Kier molecular flexibility index (Phi) is 9.69. The maximum Gasteiger partial charge on any atom is 0.315 e. The van der Waals surface area contributed by atoms with E-state index in [9.17, 15) is 19.5 Å². The number of hydrogen-bond donors (Lipinski definition) is 2. The third-order valence-corrected chi connectivity index (χ3v) is 15.3. The summed E-state index contributed by atoms with van der Waals surface area (Å²) in [6.45, 7) is 13.4. The van der Waals surface area contributed by atoms with Crippen molar-refractivity contribution in [2.45, 2.75) is 117 Å². The van der Waals surface area contributed by atoms with Gasteiger partial charge in [0.2, 0.25) is 0 Å². The van der Waals surface area contributed by atoms with Crippen LogP contribution in [0, 0.1) is 63.6 Å². The Morgan fingerprint density at radius 3 is 2.50 bits per heavy atom. The molecule has 7 aliphatic rings. The molecule has 2 aliphatic heterocycles. The second-order valence-corrected chi connectivity index (χ2v) is 17.4. The van der Waals surface area contributed by atoms with E-state index in [0.717, 1.165) is 83.1 Å². The molecule has 10 atom stereocenters. The lowest BCUT2D eigenvalue weighted by Gasteiger charge is -2.60. The molecule has 8 heteroatoms. The molecule has 0 aromatic rings. The number of nitrogens with one attached hydrogen (secondary N) is 1. The number of rotatable bonds is 12. The van der Waals surface area contributed by atoms with Gasteiger partial charge in [0.05, 0.1) is 30.1 Å². The Labute approximate surface area is 288 Å². The molecule has 0 spiro atoms. The van der Waals surface area contributed by atoms with Crippen LogP contribution in [-0.2, 0) is 23.9 Å². The van der Waals surface area contributed by atoms with Gasteiger partial charge in [-0.25, -0.2) is 0 Å². The van der Waals surface area contributed by atoms with Crippen LogP contribution in [0.3, 0.4) is 0 Å². The molecule has 0 aromatic carbocycles. The van der Waals surface area contributed by atoms with Crippen LogP contribution in [0.5, 0.6) is 0 Å². The van der Waals surface area contributed by atoms with Gasteiger partial charge in [0.25, 0.3) is 0 Å². The molecule has 4 bridgehead atoms. The quantitative estimate of drug-likeness (QED) is 0.111. The fourth-order valence-corrected chi connectivity index (χ4v) is 13.3. The van der Waals surface area contributed by atoms with E-state index in [1.807, 2.05) is 6.92 Å². The van der Waals surface area contributed by atoms with E-state index in [1.165, 1.54) is 32.1 Å². The van der Waals surface area contributed by atoms with E-state index < -0.39 is 22.2 Å². The minimum atomic E-state index is -1.18. The van der Waals surface area contributed by atoms with E-state index in [0.29, 0.717) is 36.7 Å². The van der Waals surface area contributed by atoms with Gasteiger partial charge in [-0.15, -0.1) is 0 Å². The molecule has 5 aliphatic carbocycles. The topological polar surface area (TPSA) is 105 Å². The molecule has 48 heavy (non-hydrogen) atoms. The molecule has 2 N–H and O–H groups in total. The normalized spacial score (nSPS) is 43.0. The zero-order valence-corrected chi connectivity index (χ0v) is 30.1. The number of esters is 1. The minimum Gasteiger partial charge on any atom is -0.481 e. The number of hydrogen-bond acceptors (Lipinski definition) is 7. The van der Waals surface area contributed by atoms with E-state index in [1.54, 1.807) is 0 Å². The van der Waals surface area contributed by atoms with Crippen LogP contribution in [0.25, 0.3) is 0 Å². The first-order chi connectivity index (χ1) is 23.1. The van der Waals surface area contributed by atoms with Crippen LogP contribution in [0.4, 0.5) is 0 Å². The molecule has 7 rings (SSSR count). The molecule has 0 radical (unpaired) electrons. The minimum absolute atomic E-state index is 0.0273. The fourth-order valence-electron chi connectivity index (χ4n) is 13.3. The number of carbonyl (C=O) groups excluding carboxylic acids is 2. The van der Waals surface area contributed by atoms with Crippen molar-refractivity contribution in [1.29, 1.82) is 0 Å². The first-order valence-electron chi connectivity index (χ1n) is 19.8. The smallest absolute Gasteiger partial charge is 0.315 e. The zero-order chi connectivity index (χ0) is 33.8. The van der Waals surface area contributed by atoms with Crippen LogP contribution in [0.1, 0.15) is 105 Å². The lowest BCUT2D eigenvalue weighted by Crippen LogP contribution is -2.65. The number of fused-ring (bicyclic) bond motifs is 2. The van der Waals surface area contributed by atoms with Crippen LogP contribution in [0.15, 0.2) is 11.6 Å². The molecule has 3 unspecified atom stereocenters. The van der Waals surface area contributed by atoms with Gasteiger partial charge >= 0.3 is 11.9 Å². The number of aliphatic carboxylic acids is 1. The highest BCUT2D eigenvalue weighted by molar-refractivity contribution is 5.90. The van der Waals surface area contributed by atoms with Gasteiger partial charge in [-0.05, 0) is 100.0 Å². The number of ether oxygens (including phenoxy) is 2. The highest BCUT2D eigenvalue weighted by Crippen LogP contribution is 2.84. The van der Waals surface area contributed by atoms with E-state index in [2.05, 4.69) is 37.1 Å². The second kappa shape index (κ2) is 13.4. The van der Waals surface area contributed by atoms with Gasteiger partial charge < -0.3 is 29.6 Å². The maximum absolute atomic E-state index is 14.1. The highest BCUT2D eigenvalue weighted by Gasteiger charge is 2.86. The summed E-state index contributed by atoms with van der Waals surface area (Å²) < 4.78 is 12.6. The molecule has 2 saturated heterocycles. The average Bonchev–Trinajstić information content (AvgIpc) is 3.81. The van der Waals surface area contributed by atoms with Gasteiger partial charge in [0.1, 0.15) is 11.7 Å². The van der Waals surface area contributed by atoms with Gasteiger partial charge in [-0.3, -0.25) is 9.59 Å². The SMILES string of the molecule is CCOC(=O)C1CCN(CCNC[C@@H]2O[C@@H](C34C[C@@H]5[C@H](C)CC[C@H]5C5(C=O)CC3C=C(C(C)C)[C@]54C(=O)O)C[C@H]2C2CCCCC2)CC1. The summed E-state index contributed by atoms with van der Waals surface area (Å²) in [6, 6.07) is 0. The monoisotopic (exact) mass is 666 g/mol. The lowest BCUT2D eigenvalue weighted by molar-refractivity contribution is -0.197. The number of piperidine rings is 1. The van der Waals surface area contributed by atoms with E-state index >= 15 is 0 Å². The zero-order valence-electron chi connectivity index (χ0n) is 30.1. The molecule has 6 fully saturated rings. The van der Waals surface area contributed by atoms with Crippen molar-refractivity contribution in [2.24, 2.45) is 63.6 Å².